The van der Waals surface area contributed by atoms with E-state index in [4.69, 9.17) is 0 Å². The molecule has 1 heterocycles. The van der Waals surface area contributed by atoms with Crippen LogP contribution in [0.5, 0.6) is 0 Å². The Balaban J connectivity index is 1.87. The second-order valence-electron chi connectivity index (χ2n) is 5.75. The van der Waals surface area contributed by atoms with Gasteiger partial charge in [-0.2, -0.15) is 5.26 Å². The van der Waals surface area contributed by atoms with Gasteiger partial charge in [-0.3, -0.25) is 4.79 Å². The third-order valence-electron chi connectivity index (χ3n) is 4.21. The highest BCUT2D eigenvalue weighted by Gasteiger charge is 2.24. The van der Waals surface area contributed by atoms with Crippen molar-refractivity contribution in [2.75, 3.05) is 5.32 Å². The Hall–Kier alpha value is -1.64. The average Bonchev–Trinajstić information content (AvgIpc) is 2.92. The summed E-state index contributed by atoms with van der Waals surface area (Å²) in [5.74, 6) is 0.130. The van der Waals surface area contributed by atoms with Crippen LogP contribution < -0.4 is 5.32 Å². The SMILES string of the molecule is N#Cc1c(NC(=O)C2CCCCC2)sc(-c2ccccc2)c1Br. The molecule has 1 aromatic carbocycles. The van der Waals surface area contributed by atoms with Crippen LogP contribution in [-0.2, 0) is 4.79 Å². The molecule has 1 aromatic heterocycles. The summed E-state index contributed by atoms with van der Waals surface area (Å²) in [6.07, 6.45) is 5.35. The van der Waals surface area contributed by atoms with E-state index in [2.05, 4.69) is 27.3 Å². The fraction of sp³-hybridized carbons (Fsp3) is 0.333. The topological polar surface area (TPSA) is 52.9 Å². The molecule has 1 aliphatic carbocycles. The van der Waals surface area contributed by atoms with Crippen LogP contribution in [-0.4, -0.2) is 5.91 Å². The Labute approximate surface area is 148 Å². The molecule has 2 aromatic rings. The summed E-state index contributed by atoms with van der Waals surface area (Å²) in [7, 11) is 0. The maximum absolute atomic E-state index is 12.5. The van der Waals surface area contributed by atoms with Crippen molar-refractivity contribution in [2.45, 2.75) is 32.1 Å². The standard InChI is InChI=1S/C18H17BrN2OS/c19-15-14(11-20)18(21-17(22)13-9-5-2-6-10-13)23-16(15)12-7-3-1-4-8-12/h1,3-4,7-8,13H,2,5-6,9-10H2,(H,21,22). The van der Waals surface area contributed by atoms with Gasteiger partial charge in [-0.1, -0.05) is 49.6 Å². The van der Waals surface area contributed by atoms with Crippen molar-refractivity contribution < 1.29 is 4.79 Å². The molecule has 0 spiro atoms. The fourth-order valence-corrected chi connectivity index (χ4v) is 4.89. The summed E-state index contributed by atoms with van der Waals surface area (Å²) in [6.45, 7) is 0. The second-order valence-corrected chi connectivity index (χ2v) is 7.56. The van der Waals surface area contributed by atoms with E-state index in [1.165, 1.54) is 17.8 Å². The van der Waals surface area contributed by atoms with Gasteiger partial charge >= 0.3 is 0 Å². The van der Waals surface area contributed by atoms with E-state index in [1.807, 2.05) is 30.3 Å². The van der Waals surface area contributed by atoms with Crippen LogP contribution in [0.15, 0.2) is 34.8 Å². The molecule has 1 saturated carbocycles. The van der Waals surface area contributed by atoms with Crippen molar-refractivity contribution >= 4 is 38.2 Å². The molecule has 0 unspecified atom stereocenters. The maximum Gasteiger partial charge on any atom is 0.228 e. The Bertz CT molecular complexity index is 742. The molecule has 3 rings (SSSR count). The van der Waals surface area contributed by atoms with Crippen molar-refractivity contribution in [3.63, 3.8) is 0 Å². The zero-order valence-corrected chi connectivity index (χ0v) is 15.0. The first kappa shape index (κ1) is 16.2. The minimum Gasteiger partial charge on any atom is -0.316 e. The van der Waals surface area contributed by atoms with Gasteiger partial charge in [0.2, 0.25) is 5.91 Å². The molecule has 0 atom stereocenters. The first-order chi connectivity index (χ1) is 11.2. The molecule has 1 N–H and O–H groups in total. The van der Waals surface area contributed by atoms with E-state index in [0.717, 1.165) is 40.6 Å². The molecule has 23 heavy (non-hydrogen) atoms. The molecule has 5 heteroatoms. The van der Waals surface area contributed by atoms with Crippen LogP contribution in [0.2, 0.25) is 0 Å². The van der Waals surface area contributed by atoms with Crippen LogP contribution in [0.4, 0.5) is 5.00 Å². The molecule has 1 amide bonds. The second kappa shape index (κ2) is 7.29. The number of nitrogens with zero attached hydrogens (tertiary/aromatic N) is 1. The van der Waals surface area contributed by atoms with E-state index in [0.29, 0.717) is 10.6 Å². The number of nitrogens with one attached hydrogen (secondary N) is 1. The third-order valence-corrected chi connectivity index (χ3v) is 6.42. The van der Waals surface area contributed by atoms with Gasteiger partial charge in [0.25, 0.3) is 0 Å². The number of halogens is 1. The van der Waals surface area contributed by atoms with Crippen molar-refractivity contribution in [1.29, 1.82) is 5.26 Å². The first-order valence-corrected chi connectivity index (χ1v) is 9.40. The lowest BCUT2D eigenvalue weighted by atomic mass is 9.89. The number of hydrogen-bond donors (Lipinski definition) is 1. The summed E-state index contributed by atoms with van der Waals surface area (Å²) in [6, 6.07) is 12.1. The Kier molecular flexibility index (Phi) is 5.14. The molecule has 0 radical (unpaired) electrons. The van der Waals surface area contributed by atoms with Crippen LogP contribution in [0.3, 0.4) is 0 Å². The van der Waals surface area contributed by atoms with Gasteiger partial charge in [0.1, 0.15) is 16.6 Å². The average molecular weight is 389 g/mol. The lowest BCUT2D eigenvalue weighted by Gasteiger charge is -2.20. The van der Waals surface area contributed by atoms with E-state index in [-0.39, 0.29) is 11.8 Å². The number of hydrogen-bond acceptors (Lipinski definition) is 3. The van der Waals surface area contributed by atoms with Gasteiger partial charge in [-0.15, -0.1) is 11.3 Å². The van der Waals surface area contributed by atoms with Crippen molar-refractivity contribution in [3.05, 3.63) is 40.4 Å². The van der Waals surface area contributed by atoms with Crippen LogP contribution in [0.25, 0.3) is 10.4 Å². The van der Waals surface area contributed by atoms with Gasteiger partial charge in [0.05, 0.1) is 9.35 Å². The number of nitriles is 1. The normalized spacial score (nSPS) is 15.1. The largest absolute Gasteiger partial charge is 0.316 e. The van der Waals surface area contributed by atoms with Gasteiger partial charge < -0.3 is 5.32 Å². The summed E-state index contributed by atoms with van der Waals surface area (Å²) >= 11 is 4.98. The van der Waals surface area contributed by atoms with Gasteiger partial charge in [0.15, 0.2) is 0 Å². The quantitative estimate of drug-likeness (QED) is 0.746. The highest BCUT2D eigenvalue weighted by atomic mass is 79.9. The number of anilines is 1. The molecule has 3 nitrogen and oxygen atoms in total. The molecule has 118 valence electrons. The van der Waals surface area contributed by atoms with E-state index < -0.39 is 0 Å². The number of carbonyl (C=O) groups is 1. The fourth-order valence-electron chi connectivity index (χ4n) is 2.95. The predicted octanol–water partition coefficient (Wildman–Crippen LogP) is 5.57. The molecule has 1 fully saturated rings. The van der Waals surface area contributed by atoms with E-state index in [9.17, 15) is 10.1 Å². The Morgan fingerprint density at radius 1 is 1.22 bits per heavy atom. The number of amides is 1. The van der Waals surface area contributed by atoms with Gasteiger partial charge in [-0.25, -0.2) is 0 Å². The summed E-state index contributed by atoms with van der Waals surface area (Å²) < 4.78 is 0.759. The molecular weight excluding hydrogens is 372 g/mol. The van der Waals surface area contributed by atoms with Crippen molar-refractivity contribution in [3.8, 4) is 16.5 Å². The van der Waals surface area contributed by atoms with Gasteiger partial charge in [0, 0.05) is 5.92 Å². The zero-order chi connectivity index (χ0) is 16.2. The highest BCUT2D eigenvalue weighted by molar-refractivity contribution is 9.10. The monoisotopic (exact) mass is 388 g/mol. The van der Waals surface area contributed by atoms with Crippen molar-refractivity contribution in [1.82, 2.24) is 0 Å². The summed E-state index contributed by atoms with van der Waals surface area (Å²) in [5.41, 5.74) is 1.55. The minimum absolute atomic E-state index is 0.0505. The number of thiophene rings is 1. The van der Waals surface area contributed by atoms with Crippen LogP contribution in [0, 0.1) is 17.2 Å². The Morgan fingerprint density at radius 3 is 2.57 bits per heavy atom. The van der Waals surface area contributed by atoms with Crippen LogP contribution in [0.1, 0.15) is 37.7 Å². The maximum atomic E-state index is 12.5. The highest BCUT2D eigenvalue weighted by Crippen LogP contribution is 2.43. The minimum atomic E-state index is 0.0505. The number of rotatable bonds is 3. The lowest BCUT2D eigenvalue weighted by molar-refractivity contribution is -0.120. The zero-order valence-electron chi connectivity index (χ0n) is 12.6. The molecular formula is C18H17BrN2OS. The molecule has 1 aliphatic rings. The molecule has 0 bridgehead atoms. The first-order valence-electron chi connectivity index (χ1n) is 7.79. The lowest BCUT2D eigenvalue weighted by Crippen LogP contribution is -2.24. The Morgan fingerprint density at radius 2 is 1.91 bits per heavy atom. The molecule has 0 aliphatic heterocycles. The summed E-state index contributed by atoms with van der Waals surface area (Å²) in [4.78, 5) is 13.4. The van der Waals surface area contributed by atoms with Crippen molar-refractivity contribution in [2.24, 2.45) is 5.92 Å². The number of carbonyl (C=O) groups excluding carboxylic acids is 1. The smallest absolute Gasteiger partial charge is 0.228 e. The van der Waals surface area contributed by atoms with Crippen LogP contribution >= 0.6 is 27.3 Å². The summed E-state index contributed by atoms with van der Waals surface area (Å²) in [5, 5.41) is 13.1. The van der Waals surface area contributed by atoms with E-state index in [1.54, 1.807) is 0 Å². The molecule has 0 saturated heterocycles. The number of benzene rings is 1. The van der Waals surface area contributed by atoms with Gasteiger partial charge in [-0.05, 0) is 34.3 Å². The third kappa shape index (κ3) is 3.49. The predicted molar refractivity (Wildman–Crippen MR) is 97.4 cm³/mol. The van der Waals surface area contributed by atoms with E-state index >= 15 is 0 Å².